The fourth-order valence-electron chi connectivity index (χ4n) is 2.20. The molecule has 0 fully saturated rings. The molecule has 1 aromatic carbocycles. The first-order chi connectivity index (χ1) is 10.1. The van der Waals surface area contributed by atoms with E-state index in [1.807, 2.05) is 44.3 Å². The van der Waals surface area contributed by atoms with Crippen LogP contribution in [0.1, 0.15) is 32.3 Å². The second-order valence-electron chi connectivity index (χ2n) is 5.06. The molecule has 1 amide bonds. The number of rotatable bonds is 6. The first-order valence-electron chi connectivity index (χ1n) is 7.20. The first kappa shape index (κ1) is 15.6. The highest BCUT2D eigenvalue weighted by Crippen LogP contribution is 2.14. The lowest BCUT2D eigenvalue weighted by atomic mass is 10.0. The van der Waals surface area contributed by atoms with Gasteiger partial charge < -0.3 is 5.32 Å². The third-order valence-corrected chi connectivity index (χ3v) is 3.77. The highest BCUT2D eigenvalue weighted by Gasteiger charge is 2.14. The molecule has 0 aliphatic rings. The van der Waals surface area contributed by atoms with Crippen molar-refractivity contribution in [1.82, 2.24) is 9.78 Å². The summed E-state index contributed by atoms with van der Waals surface area (Å²) in [6.45, 7) is 4.70. The van der Waals surface area contributed by atoms with Crippen molar-refractivity contribution >= 4 is 23.2 Å². The van der Waals surface area contributed by atoms with Crippen LogP contribution >= 0.6 is 11.6 Å². The number of carbonyl (C=O) groups excluding carboxylic acids is 1. The number of hydrogen-bond acceptors (Lipinski definition) is 2. The molecule has 2 rings (SSSR count). The molecule has 0 atom stereocenters. The van der Waals surface area contributed by atoms with Crippen LogP contribution in [-0.2, 0) is 11.3 Å². The van der Waals surface area contributed by atoms with E-state index in [1.165, 1.54) is 0 Å². The molecule has 4 nitrogen and oxygen atoms in total. The summed E-state index contributed by atoms with van der Waals surface area (Å²) in [4.78, 5) is 12.0. The standard InChI is InChI=1S/C16H20ClN3O/c1-3-13(4-2)16(21)19-15-9-18-20(11-15)10-12-5-7-14(17)8-6-12/h5-9,11,13H,3-4,10H2,1-2H3,(H,19,21). The Morgan fingerprint density at radius 3 is 2.57 bits per heavy atom. The molecule has 112 valence electrons. The summed E-state index contributed by atoms with van der Waals surface area (Å²) in [5.41, 5.74) is 1.85. The summed E-state index contributed by atoms with van der Waals surface area (Å²) in [5.74, 6) is 0.121. The van der Waals surface area contributed by atoms with Gasteiger partial charge in [0.2, 0.25) is 5.91 Å². The van der Waals surface area contributed by atoms with E-state index >= 15 is 0 Å². The average molecular weight is 306 g/mol. The molecule has 2 aromatic rings. The number of nitrogens with zero attached hydrogens (tertiary/aromatic N) is 2. The van der Waals surface area contributed by atoms with E-state index in [0.717, 1.165) is 29.1 Å². The predicted molar refractivity (Wildman–Crippen MR) is 85.5 cm³/mol. The second-order valence-corrected chi connectivity index (χ2v) is 5.49. The maximum absolute atomic E-state index is 12.0. The van der Waals surface area contributed by atoms with Crippen molar-refractivity contribution in [2.75, 3.05) is 5.32 Å². The number of hydrogen-bond donors (Lipinski definition) is 1. The van der Waals surface area contributed by atoms with Gasteiger partial charge in [-0.3, -0.25) is 9.48 Å². The van der Waals surface area contributed by atoms with E-state index < -0.39 is 0 Å². The SMILES string of the molecule is CCC(CC)C(=O)Nc1cnn(Cc2ccc(Cl)cc2)c1. The largest absolute Gasteiger partial charge is 0.323 e. The molecule has 1 aromatic heterocycles. The molecule has 1 heterocycles. The van der Waals surface area contributed by atoms with Crippen molar-refractivity contribution in [2.24, 2.45) is 5.92 Å². The number of halogens is 1. The Balaban J connectivity index is 1.98. The number of amides is 1. The molecule has 0 saturated carbocycles. The monoisotopic (exact) mass is 305 g/mol. The number of anilines is 1. The third kappa shape index (κ3) is 4.33. The summed E-state index contributed by atoms with van der Waals surface area (Å²) in [7, 11) is 0. The molecular formula is C16H20ClN3O. The van der Waals surface area contributed by atoms with Gasteiger partial charge in [-0.1, -0.05) is 37.6 Å². The zero-order valence-electron chi connectivity index (χ0n) is 12.3. The minimum atomic E-state index is 0.0598. The first-order valence-corrected chi connectivity index (χ1v) is 7.58. The van der Waals surface area contributed by atoms with Crippen molar-refractivity contribution in [1.29, 1.82) is 0 Å². The molecule has 5 heteroatoms. The van der Waals surface area contributed by atoms with Crippen LogP contribution in [0, 0.1) is 5.92 Å². The Bertz CT molecular complexity index is 588. The van der Waals surface area contributed by atoms with Crippen molar-refractivity contribution in [2.45, 2.75) is 33.2 Å². The van der Waals surface area contributed by atoms with Crippen LogP contribution in [0.4, 0.5) is 5.69 Å². The lowest BCUT2D eigenvalue weighted by molar-refractivity contribution is -0.120. The predicted octanol–water partition coefficient (Wildman–Crippen LogP) is 3.96. The molecule has 0 saturated heterocycles. The molecule has 21 heavy (non-hydrogen) atoms. The smallest absolute Gasteiger partial charge is 0.227 e. The van der Waals surface area contributed by atoms with Gasteiger partial charge in [-0.15, -0.1) is 0 Å². The van der Waals surface area contributed by atoms with Crippen molar-refractivity contribution in [3.63, 3.8) is 0 Å². The summed E-state index contributed by atoms with van der Waals surface area (Å²) in [5, 5.41) is 7.90. The van der Waals surface area contributed by atoms with Gasteiger partial charge in [0.15, 0.2) is 0 Å². The van der Waals surface area contributed by atoms with Gasteiger partial charge >= 0.3 is 0 Å². The normalized spacial score (nSPS) is 10.9. The van der Waals surface area contributed by atoms with Crippen molar-refractivity contribution in [3.05, 3.63) is 47.2 Å². The summed E-state index contributed by atoms with van der Waals surface area (Å²) in [6, 6.07) is 7.64. The van der Waals surface area contributed by atoms with Crippen LogP contribution in [0.25, 0.3) is 0 Å². The highest BCUT2D eigenvalue weighted by molar-refractivity contribution is 6.30. The average Bonchev–Trinajstić information content (AvgIpc) is 2.90. The van der Waals surface area contributed by atoms with Crippen molar-refractivity contribution < 1.29 is 4.79 Å². The molecule has 0 aliphatic carbocycles. The van der Waals surface area contributed by atoms with Gasteiger partial charge in [-0.05, 0) is 30.5 Å². The minimum absolute atomic E-state index is 0.0598. The Labute approximate surface area is 130 Å². The van der Waals surface area contributed by atoms with Crippen molar-refractivity contribution in [3.8, 4) is 0 Å². The topological polar surface area (TPSA) is 46.9 Å². The summed E-state index contributed by atoms with van der Waals surface area (Å²) >= 11 is 5.86. The van der Waals surface area contributed by atoms with Crippen LogP contribution in [0.15, 0.2) is 36.7 Å². The molecular weight excluding hydrogens is 286 g/mol. The number of benzene rings is 1. The van der Waals surface area contributed by atoms with Crippen LogP contribution in [0.5, 0.6) is 0 Å². The van der Waals surface area contributed by atoms with E-state index in [-0.39, 0.29) is 11.8 Å². The number of aromatic nitrogens is 2. The minimum Gasteiger partial charge on any atom is -0.323 e. The van der Waals surface area contributed by atoms with E-state index in [1.54, 1.807) is 10.9 Å². The van der Waals surface area contributed by atoms with E-state index in [2.05, 4.69) is 10.4 Å². The highest BCUT2D eigenvalue weighted by atomic mass is 35.5. The zero-order valence-corrected chi connectivity index (χ0v) is 13.1. The zero-order chi connectivity index (χ0) is 15.2. The third-order valence-electron chi connectivity index (χ3n) is 3.52. The van der Waals surface area contributed by atoms with Crippen LogP contribution in [0.3, 0.4) is 0 Å². The number of carbonyl (C=O) groups is 1. The van der Waals surface area contributed by atoms with E-state index in [4.69, 9.17) is 11.6 Å². The van der Waals surface area contributed by atoms with Gasteiger partial charge in [0.1, 0.15) is 0 Å². The van der Waals surface area contributed by atoms with E-state index in [9.17, 15) is 4.79 Å². The van der Waals surface area contributed by atoms with Gasteiger partial charge in [0.25, 0.3) is 0 Å². The summed E-state index contributed by atoms with van der Waals surface area (Å²) < 4.78 is 1.80. The van der Waals surface area contributed by atoms with Gasteiger partial charge in [-0.25, -0.2) is 0 Å². The molecule has 0 unspecified atom stereocenters. The molecule has 0 radical (unpaired) electrons. The van der Waals surface area contributed by atoms with Crippen LogP contribution in [-0.4, -0.2) is 15.7 Å². The molecule has 1 N–H and O–H groups in total. The fraction of sp³-hybridized carbons (Fsp3) is 0.375. The van der Waals surface area contributed by atoms with Gasteiger partial charge in [0, 0.05) is 17.1 Å². The lowest BCUT2D eigenvalue weighted by Crippen LogP contribution is -2.21. The molecule has 0 aliphatic heterocycles. The molecule has 0 bridgehead atoms. The second kappa shape index (κ2) is 7.27. The quantitative estimate of drug-likeness (QED) is 0.878. The Morgan fingerprint density at radius 2 is 1.95 bits per heavy atom. The summed E-state index contributed by atoms with van der Waals surface area (Å²) in [6.07, 6.45) is 5.22. The Morgan fingerprint density at radius 1 is 1.29 bits per heavy atom. The van der Waals surface area contributed by atoms with Crippen LogP contribution in [0.2, 0.25) is 5.02 Å². The molecule has 0 spiro atoms. The Hall–Kier alpha value is -1.81. The van der Waals surface area contributed by atoms with Gasteiger partial charge in [-0.2, -0.15) is 5.10 Å². The fourth-order valence-corrected chi connectivity index (χ4v) is 2.32. The van der Waals surface area contributed by atoms with Gasteiger partial charge in [0.05, 0.1) is 18.4 Å². The maximum Gasteiger partial charge on any atom is 0.227 e. The van der Waals surface area contributed by atoms with E-state index in [0.29, 0.717) is 6.54 Å². The van der Waals surface area contributed by atoms with Crippen LogP contribution < -0.4 is 5.32 Å². The maximum atomic E-state index is 12.0. The Kier molecular flexibility index (Phi) is 5.39. The number of nitrogens with one attached hydrogen (secondary N) is 1. The lowest BCUT2D eigenvalue weighted by Gasteiger charge is -2.11.